The van der Waals surface area contributed by atoms with E-state index in [1.807, 2.05) is 48.6 Å². The molecule has 174 valence electrons. The molecule has 2 N–H and O–H groups in total. The number of piperidine rings is 1. The Balaban J connectivity index is 1.20. The molecule has 8 heteroatoms. The molecule has 2 heterocycles. The molecule has 3 aromatic rings. The third kappa shape index (κ3) is 7.56. The summed E-state index contributed by atoms with van der Waals surface area (Å²) in [5.41, 5.74) is 2.41. The van der Waals surface area contributed by atoms with E-state index in [9.17, 15) is 4.55 Å². The highest BCUT2D eigenvalue weighted by Crippen LogP contribution is 2.23. The van der Waals surface area contributed by atoms with Crippen LogP contribution in [0.3, 0.4) is 0 Å². The molecule has 1 aromatic heterocycles. The zero-order valence-electron chi connectivity index (χ0n) is 18.8. The van der Waals surface area contributed by atoms with E-state index < -0.39 is 11.1 Å². The van der Waals surface area contributed by atoms with Gasteiger partial charge in [0.15, 0.2) is 11.1 Å². The molecule has 1 saturated heterocycles. The van der Waals surface area contributed by atoms with Crippen LogP contribution in [-0.4, -0.2) is 44.4 Å². The van der Waals surface area contributed by atoms with E-state index in [0.717, 1.165) is 17.9 Å². The molecule has 1 atom stereocenters. The van der Waals surface area contributed by atoms with Gasteiger partial charge in [0.2, 0.25) is 11.6 Å². The third-order valence-electron chi connectivity index (χ3n) is 5.52. The van der Waals surface area contributed by atoms with E-state index in [2.05, 4.69) is 42.5 Å². The van der Waals surface area contributed by atoms with Crippen LogP contribution in [0, 0.1) is 0 Å². The zero-order chi connectivity index (χ0) is 22.7. The Kier molecular flexibility index (Phi) is 8.69. The van der Waals surface area contributed by atoms with Crippen molar-refractivity contribution < 1.29 is 9.29 Å². The van der Waals surface area contributed by atoms with Crippen LogP contribution in [0.4, 0.5) is 11.6 Å². The van der Waals surface area contributed by atoms with Crippen LogP contribution in [-0.2, 0) is 13.1 Å². The number of nitrogens with one attached hydrogen (secondary N) is 2. The van der Waals surface area contributed by atoms with Crippen LogP contribution in [0.2, 0.25) is 0 Å². The molecule has 0 radical (unpaired) electrons. The van der Waals surface area contributed by atoms with Gasteiger partial charge in [-0.15, -0.1) is 0 Å². The Morgan fingerprint density at radius 2 is 1.67 bits per heavy atom. The summed E-state index contributed by atoms with van der Waals surface area (Å²) in [6.45, 7) is 4.99. The first-order valence-electron chi connectivity index (χ1n) is 11.5. The van der Waals surface area contributed by atoms with Crippen LogP contribution in [0.1, 0.15) is 30.4 Å². The summed E-state index contributed by atoms with van der Waals surface area (Å²) in [5, 5.41) is 6.37. The minimum atomic E-state index is -1.58. The summed E-state index contributed by atoms with van der Waals surface area (Å²) in [6.07, 6.45) is 7.88. The smallest absolute Gasteiger partial charge is 0.233 e. The maximum absolute atomic E-state index is 11.7. The van der Waals surface area contributed by atoms with Gasteiger partial charge in [0.1, 0.15) is 12.4 Å². The minimum Gasteiger partial charge on any atom is -0.546 e. The van der Waals surface area contributed by atoms with E-state index in [-0.39, 0.29) is 0 Å². The van der Waals surface area contributed by atoms with Crippen molar-refractivity contribution in [1.29, 1.82) is 0 Å². The van der Waals surface area contributed by atoms with E-state index in [1.54, 1.807) is 0 Å². The molecule has 1 aliphatic heterocycles. The third-order valence-corrected chi connectivity index (χ3v) is 6.20. The monoisotopic (exact) mass is 465 g/mol. The van der Waals surface area contributed by atoms with Crippen molar-refractivity contribution in [3.05, 3.63) is 77.9 Å². The second-order valence-electron chi connectivity index (χ2n) is 8.10. The van der Waals surface area contributed by atoms with Crippen molar-refractivity contribution in [3.8, 4) is 5.75 Å². The fourth-order valence-corrected chi connectivity index (χ4v) is 4.49. The number of hydrogen-bond acceptors (Lipinski definition) is 7. The van der Waals surface area contributed by atoms with Crippen LogP contribution in [0.25, 0.3) is 0 Å². The largest absolute Gasteiger partial charge is 0.546 e. The van der Waals surface area contributed by atoms with E-state index in [4.69, 9.17) is 4.74 Å². The highest BCUT2D eigenvalue weighted by Gasteiger charge is 2.14. The molecule has 33 heavy (non-hydrogen) atoms. The van der Waals surface area contributed by atoms with Gasteiger partial charge in [-0.05, 0) is 55.3 Å². The van der Waals surface area contributed by atoms with Crippen LogP contribution in [0.5, 0.6) is 5.75 Å². The van der Waals surface area contributed by atoms with Crippen LogP contribution in [0.15, 0.2) is 66.7 Å². The van der Waals surface area contributed by atoms with Gasteiger partial charge in [0.05, 0.1) is 0 Å². The summed E-state index contributed by atoms with van der Waals surface area (Å²) in [5.74, 6) is 1.92. The first-order valence-corrected chi connectivity index (χ1v) is 12.5. The molecular formula is C25H31N5O2S. The molecule has 0 aliphatic carbocycles. The van der Waals surface area contributed by atoms with Crippen molar-refractivity contribution in [2.45, 2.75) is 32.4 Å². The first-order chi connectivity index (χ1) is 16.3. The highest BCUT2D eigenvalue weighted by molar-refractivity contribution is 7.14. The second kappa shape index (κ2) is 12.3. The summed E-state index contributed by atoms with van der Waals surface area (Å²) >= 11 is -1.58. The number of aromatic nitrogens is 2. The Labute approximate surface area is 198 Å². The van der Waals surface area contributed by atoms with Gasteiger partial charge in [-0.2, -0.15) is 0 Å². The fourth-order valence-electron chi connectivity index (χ4n) is 3.84. The lowest BCUT2D eigenvalue weighted by Gasteiger charge is -2.26. The summed E-state index contributed by atoms with van der Waals surface area (Å²) in [4.78, 5) is 2.51. The van der Waals surface area contributed by atoms with Gasteiger partial charge in [0, 0.05) is 28.4 Å². The Morgan fingerprint density at radius 1 is 0.909 bits per heavy atom. The molecule has 1 unspecified atom stereocenters. The number of anilines is 2. The molecule has 1 aliphatic rings. The summed E-state index contributed by atoms with van der Waals surface area (Å²) in [7, 11) is 0. The fraction of sp³-hybridized carbons (Fsp3) is 0.360. The topological polar surface area (TPSA) is 85.4 Å². The maximum atomic E-state index is 11.7. The van der Waals surface area contributed by atoms with Gasteiger partial charge in [-0.1, -0.05) is 55.0 Å². The van der Waals surface area contributed by atoms with Gasteiger partial charge < -0.3 is 19.9 Å². The lowest BCUT2D eigenvalue weighted by molar-refractivity contribution is 0.220. The molecule has 7 nitrogen and oxygen atoms in total. The lowest BCUT2D eigenvalue weighted by Crippen LogP contribution is -2.29. The average molecular weight is 466 g/mol. The second-order valence-corrected chi connectivity index (χ2v) is 8.92. The van der Waals surface area contributed by atoms with Crippen molar-refractivity contribution >= 4 is 22.8 Å². The molecule has 0 saturated carbocycles. The lowest BCUT2D eigenvalue weighted by atomic mass is 10.1. The molecule has 0 amide bonds. The molecule has 0 spiro atoms. The predicted molar refractivity (Wildman–Crippen MR) is 133 cm³/mol. The number of nitrogens with zero attached hydrogens (tertiary/aromatic N) is 3. The Morgan fingerprint density at radius 3 is 2.48 bits per heavy atom. The quantitative estimate of drug-likeness (QED) is 0.309. The number of hydrogen-bond donors (Lipinski definition) is 2. The van der Waals surface area contributed by atoms with Gasteiger partial charge in [0.25, 0.3) is 0 Å². The SMILES string of the molecule is [O-][s+]1nc(NCC=CCOc2cccc(CN3CCCCC3)c2)c(NCc2ccccc2)n1. The standard InChI is InChI=1S/C25H31N5O2S/c31-33-28-24(25(29-33)27-19-21-10-3-1-4-11-21)26-14-5-8-17-32-23-13-9-12-22(18-23)20-30-15-6-2-7-16-30/h1,3-5,8-13,18H,2,6-7,14-17,19-20H2,(H,26,28)(H,27,29). The van der Waals surface area contributed by atoms with Crippen molar-refractivity contribution in [2.24, 2.45) is 0 Å². The highest BCUT2D eigenvalue weighted by atomic mass is 32.2. The number of benzene rings is 2. The maximum Gasteiger partial charge on any atom is 0.233 e. The van der Waals surface area contributed by atoms with Crippen molar-refractivity contribution in [1.82, 2.24) is 13.6 Å². The molecule has 0 bridgehead atoms. The van der Waals surface area contributed by atoms with Gasteiger partial charge >= 0.3 is 0 Å². The van der Waals surface area contributed by atoms with E-state index >= 15 is 0 Å². The minimum absolute atomic E-state index is 0.487. The predicted octanol–water partition coefficient (Wildman–Crippen LogP) is 4.85. The molecular weight excluding hydrogens is 434 g/mol. The average Bonchev–Trinajstić information content (AvgIpc) is 3.20. The van der Waals surface area contributed by atoms with E-state index in [1.165, 1.54) is 37.9 Å². The van der Waals surface area contributed by atoms with Gasteiger partial charge in [-0.25, -0.2) is 0 Å². The summed E-state index contributed by atoms with van der Waals surface area (Å²) in [6, 6.07) is 18.3. The van der Waals surface area contributed by atoms with Gasteiger partial charge in [-0.3, -0.25) is 4.90 Å². The molecule has 4 rings (SSSR count). The normalized spacial score (nSPS) is 15.0. The van der Waals surface area contributed by atoms with Crippen molar-refractivity contribution in [2.75, 3.05) is 36.9 Å². The number of likely N-dealkylation sites (tertiary alicyclic amines) is 1. The van der Waals surface area contributed by atoms with Crippen LogP contribution >= 0.6 is 11.1 Å². The van der Waals surface area contributed by atoms with Crippen LogP contribution < -0.4 is 15.4 Å². The first kappa shape index (κ1) is 23.2. The number of rotatable bonds is 11. The Bertz CT molecular complexity index is 1020. The van der Waals surface area contributed by atoms with Crippen molar-refractivity contribution in [3.63, 3.8) is 0 Å². The zero-order valence-corrected chi connectivity index (χ0v) is 19.6. The van der Waals surface area contributed by atoms with E-state index in [0.29, 0.717) is 31.3 Å². The number of ether oxygens (including phenoxy) is 1. The molecule has 1 fully saturated rings. The summed E-state index contributed by atoms with van der Waals surface area (Å²) < 4.78 is 25.7. The molecule has 2 aromatic carbocycles. The Hall–Kier alpha value is -2.94.